The van der Waals surface area contributed by atoms with Gasteiger partial charge in [-0.15, -0.1) is 0 Å². The van der Waals surface area contributed by atoms with E-state index in [1.807, 2.05) is 24.2 Å². The molecule has 1 unspecified atom stereocenters. The van der Waals surface area contributed by atoms with E-state index in [-0.39, 0.29) is 0 Å². The first kappa shape index (κ1) is 12.6. The standard InChI is InChI=1S/C12H20N4S/c1-3-13-6-11-7-15-12(8-14-11)16-4-5-17-9-10(16)2/h7-8,10,13H,3-6,9H2,1-2H3. The van der Waals surface area contributed by atoms with Gasteiger partial charge in [0.25, 0.3) is 0 Å². The molecule has 94 valence electrons. The molecule has 1 aromatic heterocycles. The molecule has 4 nitrogen and oxygen atoms in total. The van der Waals surface area contributed by atoms with Crippen molar-refractivity contribution in [3.8, 4) is 0 Å². The lowest BCUT2D eigenvalue weighted by atomic mass is 10.3. The van der Waals surface area contributed by atoms with Crippen LogP contribution in [0.5, 0.6) is 0 Å². The van der Waals surface area contributed by atoms with Crippen molar-refractivity contribution in [2.45, 2.75) is 26.4 Å². The van der Waals surface area contributed by atoms with Crippen LogP contribution in [0.15, 0.2) is 12.4 Å². The van der Waals surface area contributed by atoms with E-state index in [1.165, 1.54) is 11.5 Å². The van der Waals surface area contributed by atoms with Gasteiger partial charge in [0, 0.05) is 30.6 Å². The SMILES string of the molecule is CCNCc1cnc(N2CCSCC2C)cn1. The van der Waals surface area contributed by atoms with Crippen molar-refractivity contribution >= 4 is 17.6 Å². The van der Waals surface area contributed by atoms with Crippen LogP contribution in [0, 0.1) is 0 Å². The van der Waals surface area contributed by atoms with Crippen LogP contribution in [0.25, 0.3) is 0 Å². The predicted molar refractivity (Wildman–Crippen MR) is 73.5 cm³/mol. The maximum absolute atomic E-state index is 4.52. The van der Waals surface area contributed by atoms with E-state index in [0.29, 0.717) is 6.04 Å². The molecule has 1 fully saturated rings. The third-order valence-electron chi connectivity index (χ3n) is 2.91. The fraction of sp³-hybridized carbons (Fsp3) is 0.667. The lowest BCUT2D eigenvalue weighted by Gasteiger charge is -2.33. The third kappa shape index (κ3) is 3.33. The highest BCUT2D eigenvalue weighted by Gasteiger charge is 2.19. The zero-order valence-electron chi connectivity index (χ0n) is 10.5. The molecule has 1 aliphatic rings. The lowest BCUT2D eigenvalue weighted by Crippen LogP contribution is -2.41. The summed E-state index contributed by atoms with van der Waals surface area (Å²) in [5.41, 5.74) is 1.01. The van der Waals surface area contributed by atoms with E-state index in [9.17, 15) is 0 Å². The molecule has 0 radical (unpaired) electrons. The number of thioether (sulfide) groups is 1. The zero-order valence-corrected chi connectivity index (χ0v) is 11.3. The Bertz CT molecular complexity index is 341. The van der Waals surface area contributed by atoms with Gasteiger partial charge < -0.3 is 10.2 Å². The van der Waals surface area contributed by atoms with Crippen molar-refractivity contribution in [3.05, 3.63) is 18.1 Å². The lowest BCUT2D eigenvalue weighted by molar-refractivity contribution is 0.678. The number of hydrogen-bond acceptors (Lipinski definition) is 5. The average Bonchev–Trinajstić information content (AvgIpc) is 2.38. The molecule has 0 saturated carbocycles. The second-order valence-electron chi connectivity index (χ2n) is 4.26. The molecule has 1 N–H and O–H groups in total. The van der Waals surface area contributed by atoms with Gasteiger partial charge in [-0.2, -0.15) is 11.8 Å². The average molecular weight is 252 g/mol. The highest BCUT2D eigenvalue weighted by molar-refractivity contribution is 7.99. The topological polar surface area (TPSA) is 41.1 Å². The summed E-state index contributed by atoms with van der Waals surface area (Å²) >= 11 is 2.02. The highest BCUT2D eigenvalue weighted by atomic mass is 32.2. The van der Waals surface area contributed by atoms with E-state index in [4.69, 9.17) is 0 Å². The summed E-state index contributed by atoms with van der Waals surface area (Å²) in [5, 5.41) is 3.25. The summed E-state index contributed by atoms with van der Waals surface area (Å²) in [4.78, 5) is 11.3. The third-order valence-corrected chi connectivity index (χ3v) is 4.10. The molecule has 2 rings (SSSR count). The molecule has 0 amide bonds. The highest BCUT2D eigenvalue weighted by Crippen LogP contribution is 2.21. The van der Waals surface area contributed by atoms with Crippen LogP contribution in [0.3, 0.4) is 0 Å². The first-order valence-electron chi connectivity index (χ1n) is 6.17. The minimum atomic E-state index is 0.558. The van der Waals surface area contributed by atoms with Gasteiger partial charge >= 0.3 is 0 Å². The zero-order chi connectivity index (χ0) is 12.1. The van der Waals surface area contributed by atoms with Crippen molar-refractivity contribution < 1.29 is 0 Å². The fourth-order valence-corrected chi connectivity index (χ4v) is 2.92. The van der Waals surface area contributed by atoms with E-state index in [2.05, 4.69) is 34.0 Å². The molecule has 1 aliphatic heterocycles. The summed E-state index contributed by atoms with van der Waals surface area (Å²) in [7, 11) is 0. The Hall–Kier alpha value is -0.810. The molecule has 5 heteroatoms. The molecule has 1 atom stereocenters. The van der Waals surface area contributed by atoms with Gasteiger partial charge in [0.05, 0.1) is 18.1 Å². The van der Waals surface area contributed by atoms with Gasteiger partial charge in [-0.25, -0.2) is 4.98 Å². The normalized spacial score (nSPS) is 20.6. The summed E-state index contributed by atoms with van der Waals surface area (Å²) in [6, 6.07) is 0.558. The number of aromatic nitrogens is 2. The van der Waals surface area contributed by atoms with Gasteiger partial charge in [0.2, 0.25) is 0 Å². The van der Waals surface area contributed by atoms with Crippen LogP contribution in [0.4, 0.5) is 5.82 Å². The molecular formula is C12H20N4S. The molecule has 1 saturated heterocycles. The van der Waals surface area contributed by atoms with Crippen molar-refractivity contribution in [2.75, 3.05) is 29.5 Å². The van der Waals surface area contributed by atoms with Crippen molar-refractivity contribution in [1.29, 1.82) is 0 Å². The Kier molecular flexibility index (Phi) is 4.62. The first-order valence-corrected chi connectivity index (χ1v) is 7.32. The van der Waals surface area contributed by atoms with Gasteiger partial charge in [-0.05, 0) is 13.5 Å². The minimum absolute atomic E-state index is 0.558. The van der Waals surface area contributed by atoms with E-state index in [1.54, 1.807) is 0 Å². The molecule has 0 spiro atoms. The summed E-state index contributed by atoms with van der Waals surface area (Å²) in [6.45, 7) is 7.18. The second kappa shape index (κ2) is 6.21. The Morgan fingerprint density at radius 1 is 1.47 bits per heavy atom. The number of nitrogens with zero attached hydrogens (tertiary/aromatic N) is 3. The van der Waals surface area contributed by atoms with Crippen LogP contribution in [0.2, 0.25) is 0 Å². The summed E-state index contributed by atoms with van der Waals surface area (Å²) in [6.07, 6.45) is 3.78. The Balaban J connectivity index is 2.01. The second-order valence-corrected chi connectivity index (χ2v) is 5.41. The van der Waals surface area contributed by atoms with Crippen LogP contribution < -0.4 is 10.2 Å². The maximum Gasteiger partial charge on any atom is 0.147 e. The Labute approximate surface area is 107 Å². The van der Waals surface area contributed by atoms with Crippen LogP contribution >= 0.6 is 11.8 Å². The number of anilines is 1. The van der Waals surface area contributed by atoms with Gasteiger partial charge in [-0.3, -0.25) is 4.98 Å². The smallest absolute Gasteiger partial charge is 0.147 e. The van der Waals surface area contributed by atoms with E-state index < -0.39 is 0 Å². The predicted octanol–water partition coefficient (Wildman–Crippen LogP) is 1.53. The summed E-state index contributed by atoms with van der Waals surface area (Å²) in [5.74, 6) is 3.38. The molecule has 17 heavy (non-hydrogen) atoms. The monoisotopic (exact) mass is 252 g/mol. The minimum Gasteiger partial charge on any atom is -0.351 e. The molecule has 0 aromatic carbocycles. The molecule has 0 bridgehead atoms. The van der Waals surface area contributed by atoms with Crippen molar-refractivity contribution in [2.24, 2.45) is 0 Å². The van der Waals surface area contributed by atoms with Crippen LogP contribution in [-0.2, 0) is 6.54 Å². The van der Waals surface area contributed by atoms with E-state index in [0.717, 1.165) is 31.1 Å². The Morgan fingerprint density at radius 3 is 3.00 bits per heavy atom. The molecule has 2 heterocycles. The number of nitrogens with one attached hydrogen (secondary N) is 1. The Morgan fingerprint density at radius 2 is 2.35 bits per heavy atom. The number of rotatable bonds is 4. The maximum atomic E-state index is 4.52. The first-order chi connectivity index (χ1) is 8.31. The van der Waals surface area contributed by atoms with Crippen LogP contribution in [-0.4, -0.2) is 40.6 Å². The van der Waals surface area contributed by atoms with Crippen molar-refractivity contribution in [1.82, 2.24) is 15.3 Å². The van der Waals surface area contributed by atoms with Gasteiger partial charge in [0.15, 0.2) is 0 Å². The molecule has 0 aliphatic carbocycles. The summed E-state index contributed by atoms with van der Waals surface area (Å²) < 4.78 is 0. The largest absolute Gasteiger partial charge is 0.351 e. The fourth-order valence-electron chi connectivity index (χ4n) is 1.91. The van der Waals surface area contributed by atoms with Gasteiger partial charge in [0.1, 0.15) is 5.82 Å². The van der Waals surface area contributed by atoms with Crippen molar-refractivity contribution in [3.63, 3.8) is 0 Å². The van der Waals surface area contributed by atoms with E-state index >= 15 is 0 Å². The molecular weight excluding hydrogens is 232 g/mol. The quantitative estimate of drug-likeness (QED) is 0.880. The van der Waals surface area contributed by atoms with Gasteiger partial charge in [-0.1, -0.05) is 6.92 Å². The molecule has 1 aromatic rings. The van der Waals surface area contributed by atoms with Crippen LogP contribution in [0.1, 0.15) is 19.5 Å². The number of hydrogen-bond donors (Lipinski definition) is 1.